The molecule has 0 radical (unpaired) electrons. The van der Waals surface area contributed by atoms with Crippen molar-refractivity contribution in [1.29, 1.82) is 0 Å². The van der Waals surface area contributed by atoms with Crippen LogP contribution in [0.15, 0.2) is 52.3 Å². The number of unbranched alkanes of at least 4 members (excludes halogenated alkanes) is 3. The summed E-state index contributed by atoms with van der Waals surface area (Å²) in [5, 5.41) is 0.814. The highest BCUT2D eigenvalue weighted by molar-refractivity contribution is 7.99. The van der Waals surface area contributed by atoms with Gasteiger partial charge in [-0.2, -0.15) is 0 Å². The van der Waals surface area contributed by atoms with Gasteiger partial charge in [-0.1, -0.05) is 67.7 Å². The fraction of sp³-hybridized carbons (Fsp3) is 0.536. The topological polar surface area (TPSA) is 32.8 Å². The van der Waals surface area contributed by atoms with Crippen LogP contribution in [0, 0.1) is 0 Å². The van der Waals surface area contributed by atoms with Crippen LogP contribution in [-0.2, 0) is 16.0 Å². The van der Waals surface area contributed by atoms with Crippen LogP contribution in [0.3, 0.4) is 0 Å². The second-order valence-electron chi connectivity index (χ2n) is 9.37. The number of halogens is 1. The van der Waals surface area contributed by atoms with Gasteiger partial charge in [0.15, 0.2) is 0 Å². The fourth-order valence-corrected chi connectivity index (χ4v) is 6.24. The summed E-state index contributed by atoms with van der Waals surface area (Å²) in [6.07, 6.45) is 6.95. The molecular formula is C28H37ClN2O2S. The Morgan fingerprint density at radius 3 is 2.68 bits per heavy atom. The summed E-state index contributed by atoms with van der Waals surface area (Å²) in [6, 6.07) is 15.5. The Labute approximate surface area is 214 Å². The van der Waals surface area contributed by atoms with Gasteiger partial charge in [0.05, 0.1) is 6.61 Å². The summed E-state index contributed by atoms with van der Waals surface area (Å²) in [7, 11) is 0. The molecule has 0 amide bonds. The Balaban J connectivity index is 1.27. The molecule has 1 fully saturated rings. The summed E-state index contributed by atoms with van der Waals surface area (Å²) in [5.74, 6) is -0.0373. The van der Waals surface area contributed by atoms with E-state index in [1.165, 1.54) is 33.8 Å². The predicted octanol–water partition coefficient (Wildman–Crippen LogP) is 6.61. The smallest absolute Gasteiger partial charge is 0.305 e. The first-order valence-corrected chi connectivity index (χ1v) is 14.0. The van der Waals surface area contributed by atoms with E-state index in [1.54, 1.807) is 0 Å². The molecule has 34 heavy (non-hydrogen) atoms. The fourth-order valence-electron chi connectivity index (χ4n) is 4.95. The van der Waals surface area contributed by atoms with E-state index < -0.39 is 0 Å². The molecule has 0 saturated carbocycles. The number of rotatable bonds is 10. The molecule has 184 valence electrons. The van der Waals surface area contributed by atoms with Gasteiger partial charge in [-0.15, -0.1) is 0 Å². The maximum Gasteiger partial charge on any atom is 0.305 e. The van der Waals surface area contributed by atoms with Crippen molar-refractivity contribution in [2.45, 2.75) is 67.7 Å². The van der Waals surface area contributed by atoms with Crippen LogP contribution in [0.2, 0.25) is 5.02 Å². The lowest BCUT2D eigenvalue weighted by Crippen LogP contribution is -2.48. The van der Waals surface area contributed by atoms with Gasteiger partial charge in [0.2, 0.25) is 0 Å². The van der Waals surface area contributed by atoms with Crippen LogP contribution in [0.25, 0.3) is 0 Å². The minimum Gasteiger partial charge on any atom is -0.466 e. The van der Waals surface area contributed by atoms with Crippen molar-refractivity contribution in [1.82, 2.24) is 9.80 Å². The summed E-state index contributed by atoms with van der Waals surface area (Å²) in [6.45, 7) is 7.89. The molecule has 1 saturated heterocycles. The van der Waals surface area contributed by atoms with E-state index >= 15 is 0 Å². The van der Waals surface area contributed by atoms with E-state index in [-0.39, 0.29) is 5.97 Å². The molecule has 1 unspecified atom stereocenters. The molecule has 0 aliphatic carbocycles. The minimum absolute atomic E-state index is 0.0373. The molecule has 4 nitrogen and oxygen atoms in total. The van der Waals surface area contributed by atoms with Crippen LogP contribution in [0.5, 0.6) is 0 Å². The molecule has 0 N–H and O–H groups in total. The number of carbonyl (C=O) groups excluding carboxylic acids is 1. The maximum atomic E-state index is 11.9. The number of carbonyl (C=O) groups is 1. The third-order valence-corrected chi connectivity index (χ3v) is 8.35. The van der Waals surface area contributed by atoms with E-state index in [1.807, 2.05) is 17.8 Å². The Hall–Kier alpha value is -1.53. The lowest BCUT2D eigenvalue weighted by Gasteiger charge is -2.39. The largest absolute Gasteiger partial charge is 0.466 e. The van der Waals surface area contributed by atoms with Gasteiger partial charge in [-0.05, 0) is 54.7 Å². The quantitative estimate of drug-likeness (QED) is 0.271. The molecule has 2 aliphatic rings. The first-order chi connectivity index (χ1) is 16.6. The number of fused-ring (bicyclic) bond motifs is 2. The maximum absolute atomic E-state index is 11.9. The molecule has 2 heterocycles. The molecule has 2 aromatic rings. The summed E-state index contributed by atoms with van der Waals surface area (Å²) >= 11 is 8.30. The molecule has 1 atom stereocenters. The predicted molar refractivity (Wildman–Crippen MR) is 141 cm³/mol. The number of nitrogens with zero attached hydrogens (tertiary/aromatic N) is 2. The van der Waals surface area contributed by atoms with Crippen molar-refractivity contribution in [3.05, 3.63) is 58.6 Å². The Morgan fingerprint density at radius 1 is 1.03 bits per heavy atom. The Kier molecular flexibility index (Phi) is 9.75. The number of hydrogen-bond acceptors (Lipinski definition) is 5. The van der Waals surface area contributed by atoms with E-state index in [0.717, 1.165) is 63.4 Å². The zero-order valence-corrected chi connectivity index (χ0v) is 21.9. The van der Waals surface area contributed by atoms with Crippen LogP contribution in [-0.4, -0.2) is 55.1 Å². The van der Waals surface area contributed by atoms with E-state index in [2.05, 4.69) is 53.1 Å². The van der Waals surface area contributed by atoms with Gasteiger partial charge in [0, 0.05) is 60.0 Å². The SMILES string of the molecule is CCCCCCC(=O)OCCCN1CCN(C2Cc3ccccc3Sc3ccc(Cl)cc32)CC1. The Bertz CT molecular complexity index is 946. The van der Waals surface area contributed by atoms with Gasteiger partial charge in [-0.3, -0.25) is 9.69 Å². The van der Waals surface area contributed by atoms with Crippen molar-refractivity contribution >= 4 is 29.3 Å². The highest BCUT2D eigenvalue weighted by Crippen LogP contribution is 2.43. The first-order valence-electron chi connectivity index (χ1n) is 12.8. The summed E-state index contributed by atoms with van der Waals surface area (Å²) < 4.78 is 5.44. The van der Waals surface area contributed by atoms with Crippen molar-refractivity contribution in [3.8, 4) is 0 Å². The second kappa shape index (κ2) is 13.0. The van der Waals surface area contributed by atoms with Gasteiger partial charge in [0.25, 0.3) is 0 Å². The van der Waals surface area contributed by atoms with Crippen molar-refractivity contribution in [2.24, 2.45) is 0 Å². The Morgan fingerprint density at radius 2 is 1.85 bits per heavy atom. The molecule has 2 aliphatic heterocycles. The molecule has 6 heteroatoms. The number of hydrogen-bond donors (Lipinski definition) is 0. The average molecular weight is 501 g/mol. The number of benzene rings is 2. The zero-order chi connectivity index (χ0) is 23.8. The molecular weight excluding hydrogens is 464 g/mol. The average Bonchev–Trinajstić information content (AvgIpc) is 3.01. The second-order valence-corrected chi connectivity index (χ2v) is 10.9. The van der Waals surface area contributed by atoms with Gasteiger partial charge < -0.3 is 9.64 Å². The van der Waals surface area contributed by atoms with Crippen LogP contribution < -0.4 is 0 Å². The monoisotopic (exact) mass is 500 g/mol. The van der Waals surface area contributed by atoms with Crippen molar-refractivity contribution in [3.63, 3.8) is 0 Å². The lowest BCUT2D eigenvalue weighted by molar-refractivity contribution is -0.144. The summed E-state index contributed by atoms with van der Waals surface area (Å²) in [4.78, 5) is 19.7. The van der Waals surface area contributed by atoms with E-state index in [9.17, 15) is 4.79 Å². The van der Waals surface area contributed by atoms with Gasteiger partial charge in [-0.25, -0.2) is 0 Å². The molecule has 2 aromatic carbocycles. The summed E-state index contributed by atoms with van der Waals surface area (Å²) in [5.41, 5.74) is 2.77. The molecule has 4 rings (SSSR count). The van der Waals surface area contributed by atoms with Crippen LogP contribution in [0.1, 0.15) is 62.6 Å². The minimum atomic E-state index is -0.0373. The molecule has 0 spiro atoms. The highest BCUT2D eigenvalue weighted by Gasteiger charge is 2.30. The van der Waals surface area contributed by atoms with Gasteiger partial charge >= 0.3 is 5.97 Å². The third-order valence-electron chi connectivity index (χ3n) is 6.90. The van der Waals surface area contributed by atoms with Crippen molar-refractivity contribution in [2.75, 3.05) is 39.3 Å². The molecule has 0 aromatic heterocycles. The molecule has 0 bridgehead atoms. The van der Waals surface area contributed by atoms with Crippen LogP contribution >= 0.6 is 23.4 Å². The van der Waals surface area contributed by atoms with Crippen LogP contribution in [0.4, 0.5) is 0 Å². The number of esters is 1. The zero-order valence-electron chi connectivity index (χ0n) is 20.3. The number of piperazine rings is 1. The third kappa shape index (κ3) is 7.00. The van der Waals surface area contributed by atoms with Crippen molar-refractivity contribution < 1.29 is 9.53 Å². The first kappa shape index (κ1) is 25.6. The highest BCUT2D eigenvalue weighted by atomic mass is 35.5. The standard InChI is InChI=1S/C28H37ClN2O2S/c1-2-3-4-5-11-28(32)33-19-8-14-30-15-17-31(18-16-30)25-20-22-9-6-7-10-26(22)34-27-13-12-23(29)21-24(25)27/h6-7,9-10,12-13,21,25H,2-5,8,11,14-20H2,1H3. The van der Waals surface area contributed by atoms with E-state index in [4.69, 9.17) is 16.3 Å². The normalized spacial score (nSPS) is 18.7. The number of ether oxygens (including phenoxy) is 1. The lowest BCUT2D eigenvalue weighted by atomic mass is 9.96. The van der Waals surface area contributed by atoms with E-state index in [0.29, 0.717) is 19.1 Å². The van der Waals surface area contributed by atoms with Gasteiger partial charge in [0.1, 0.15) is 0 Å².